The topological polar surface area (TPSA) is 83.3 Å². The van der Waals surface area contributed by atoms with E-state index in [1.165, 1.54) is 6.21 Å². The van der Waals surface area contributed by atoms with Crippen molar-refractivity contribution < 1.29 is 9.21 Å². The molecule has 0 fully saturated rings. The number of furan rings is 1. The molecule has 6 heteroatoms. The second-order valence-electron chi connectivity index (χ2n) is 4.10. The number of H-pyrrole nitrogens is 1. The lowest BCUT2D eigenvalue weighted by Gasteiger charge is -1.97. The van der Waals surface area contributed by atoms with E-state index < -0.39 is 0 Å². The van der Waals surface area contributed by atoms with Crippen LogP contribution in [0.5, 0.6) is 0 Å². The largest absolute Gasteiger partial charge is 0.463 e. The van der Waals surface area contributed by atoms with Crippen molar-refractivity contribution in [3.8, 4) is 0 Å². The molecule has 0 aliphatic heterocycles. The van der Waals surface area contributed by atoms with Crippen LogP contribution in [0.2, 0.25) is 0 Å². The normalized spacial score (nSPS) is 14.0. The minimum atomic E-state index is -0.294. The molecule has 0 bridgehead atoms. The Morgan fingerprint density at radius 1 is 1.56 bits per heavy atom. The monoisotopic (exact) mass is 244 g/mol. The first-order valence-electron chi connectivity index (χ1n) is 5.77. The Kier molecular flexibility index (Phi) is 2.68. The van der Waals surface area contributed by atoms with Crippen molar-refractivity contribution >= 4 is 12.1 Å². The highest BCUT2D eigenvalue weighted by atomic mass is 16.3. The molecule has 0 radical (unpaired) electrons. The van der Waals surface area contributed by atoms with Crippen molar-refractivity contribution in [1.82, 2.24) is 15.6 Å². The van der Waals surface area contributed by atoms with Crippen LogP contribution < -0.4 is 5.43 Å². The molecule has 3 rings (SSSR count). The molecule has 0 unspecified atom stereocenters. The van der Waals surface area contributed by atoms with E-state index in [-0.39, 0.29) is 5.91 Å². The first kappa shape index (κ1) is 10.8. The average Bonchev–Trinajstić information content (AvgIpc) is 3.05. The number of fused-ring (bicyclic) bond motifs is 1. The van der Waals surface area contributed by atoms with Gasteiger partial charge in [0.2, 0.25) is 0 Å². The van der Waals surface area contributed by atoms with Crippen LogP contribution in [0.25, 0.3) is 0 Å². The third-order valence-electron chi connectivity index (χ3n) is 2.92. The molecule has 1 amide bonds. The van der Waals surface area contributed by atoms with Crippen LogP contribution in [0.3, 0.4) is 0 Å². The molecule has 0 saturated heterocycles. The summed E-state index contributed by atoms with van der Waals surface area (Å²) in [4.78, 5) is 11.9. The number of aromatic amines is 1. The third kappa shape index (κ3) is 1.92. The maximum Gasteiger partial charge on any atom is 0.292 e. The molecule has 6 nitrogen and oxygen atoms in total. The Morgan fingerprint density at radius 3 is 3.33 bits per heavy atom. The molecule has 0 saturated carbocycles. The van der Waals surface area contributed by atoms with Gasteiger partial charge in [-0.1, -0.05) is 0 Å². The SMILES string of the molecule is O=C(N/N=C/c1ccco1)c1n[nH]c2c1CCC2. The van der Waals surface area contributed by atoms with Crippen LogP contribution in [-0.4, -0.2) is 22.3 Å². The number of carbonyl (C=O) groups excluding carboxylic acids is 1. The summed E-state index contributed by atoms with van der Waals surface area (Å²) in [6.07, 6.45) is 5.93. The standard InChI is InChI=1S/C12H12N4O2/c17-12(16-13-7-8-3-2-6-18-8)11-9-4-1-5-10(9)14-15-11/h2-3,6-7H,1,4-5H2,(H,14,15)(H,16,17)/b13-7+. The van der Waals surface area contributed by atoms with E-state index in [2.05, 4.69) is 20.7 Å². The number of aryl methyl sites for hydroxylation is 1. The van der Waals surface area contributed by atoms with Gasteiger partial charge < -0.3 is 4.42 Å². The number of rotatable bonds is 3. The first-order valence-corrected chi connectivity index (χ1v) is 5.77. The summed E-state index contributed by atoms with van der Waals surface area (Å²) in [5.41, 5.74) is 4.96. The summed E-state index contributed by atoms with van der Waals surface area (Å²) < 4.78 is 5.06. The molecule has 0 spiro atoms. The van der Waals surface area contributed by atoms with Crippen LogP contribution in [0.4, 0.5) is 0 Å². The van der Waals surface area contributed by atoms with Gasteiger partial charge in [0.15, 0.2) is 5.69 Å². The zero-order valence-corrected chi connectivity index (χ0v) is 9.64. The number of amides is 1. The van der Waals surface area contributed by atoms with Gasteiger partial charge in [-0.15, -0.1) is 0 Å². The van der Waals surface area contributed by atoms with E-state index in [1.54, 1.807) is 18.4 Å². The van der Waals surface area contributed by atoms with Gasteiger partial charge in [-0.2, -0.15) is 10.2 Å². The minimum absolute atomic E-state index is 0.294. The Hall–Kier alpha value is -2.37. The molecule has 0 aromatic carbocycles. The summed E-state index contributed by atoms with van der Waals surface area (Å²) >= 11 is 0. The van der Waals surface area contributed by atoms with Gasteiger partial charge in [0.25, 0.3) is 5.91 Å². The molecule has 18 heavy (non-hydrogen) atoms. The van der Waals surface area contributed by atoms with Crippen LogP contribution >= 0.6 is 0 Å². The van der Waals surface area contributed by atoms with Crippen molar-refractivity contribution in [1.29, 1.82) is 0 Å². The molecule has 2 heterocycles. The highest BCUT2D eigenvalue weighted by Gasteiger charge is 2.22. The number of hydrazone groups is 1. The highest BCUT2D eigenvalue weighted by molar-refractivity contribution is 5.94. The zero-order chi connectivity index (χ0) is 12.4. The summed E-state index contributed by atoms with van der Waals surface area (Å²) in [5, 5.41) is 10.7. The van der Waals surface area contributed by atoms with E-state index >= 15 is 0 Å². The summed E-state index contributed by atoms with van der Waals surface area (Å²) in [6, 6.07) is 3.51. The number of carbonyl (C=O) groups is 1. The molecule has 2 aromatic rings. The Balaban J connectivity index is 1.68. The summed E-state index contributed by atoms with van der Waals surface area (Å²) in [7, 11) is 0. The molecule has 92 valence electrons. The Morgan fingerprint density at radius 2 is 2.50 bits per heavy atom. The molecular weight excluding hydrogens is 232 g/mol. The van der Waals surface area contributed by atoms with Gasteiger partial charge >= 0.3 is 0 Å². The molecule has 0 atom stereocenters. The Bertz CT molecular complexity index is 583. The van der Waals surface area contributed by atoms with Gasteiger partial charge in [0.1, 0.15) is 5.76 Å². The predicted molar refractivity (Wildman–Crippen MR) is 64.4 cm³/mol. The first-order chi connectivity index (χ1) is 8.84. The van der Waals surface area contributed by atoms with Crippen molar-refractivity contribution in [2.45, 2.75) is 19.3 Å². The van der Waals surface area contributed by atoms with Crippen LogP contribution in [0.15, 0.2) is 27.9 Å². The van der Waals surface area contributed by atoms with Gasteiger partial charge in [-0.05, 0) is 31.4 Å². The van der Waals surface area contributed by atoms with Crippen LogP contribution in [0.1, 0.15) is 33.9 Å². The van der Waals surface area contributed by atoms with Gasteiger partial charge in [0, 0.05) is 11.3 Å². The highest BCUT2D eigenvalue weighted by Crippen LogP contribution is 2.22. The predicted octanol–water partition coefficient (Wildman–Crippen LogP) is 1.26. The maximum atomic E-state index is 11.9. The van der Waals surface area contributed by atoms with E-state index in [0.717, 1.165) is 30.5 Å². The maximum absolute atomic E-state index is 11.9. The molecule has 1 aliphatic rings. The van der Waals surface area contributed by atoms with Gasteiger partial charge in [-0.25, -0.2) is 5.43 Å². The molecular formula is C12H12N4O2. The summed E-state index contributed by atoms with van der Waals surface area (Å²) in [5.74, 6) is 0.291. The van der Waals surface area contributed by atoms with Gasteiger partial charge in [-0.3, -0.25) is 9.89 Å². The number of nitrogens with zero attached hydrogens (tertiary/aromatic N) is 2. The van der Waals surface area contributed by atoms with Crippen molar-refractivity contribution in [3.63, 3.8) is 0 Å². The van der Waals surface area contributed by atoms with Gasteiger partial charge in [0.05, 0.1) is 12.5 Å². The second-order valence-corrected chi connectivity index (χ2v) is 4.10. The molecule has 2 aromatic heterocycles. The quantitative estimate of drug-likeness (QED) is 0.629. The lowest BCUT2D eigenvalue weighted by Crippen LogP contribution is -2.19. The van der Waals surface area contributed by atoms with Crippen molar-refractivity contribution in [3.05, 3.63) is 41.1 Å². The van der Waals surface area contributed by atoms with E-state index in [0.29, 0.717) is 11.5 Å². The van der Waals surface area contributed by atoms with Crippen LogP contribution in [0, 0.1) is 0 Å². The second kappa shape index (κ2) is 4.48. The fraction of sp³-hybridized carbons (Fsp3) is 0.250. The minimum Gasteiger partial charge on any atom is -0.463 e. The van der Waals surface area contributed by atoms with Crippen LogP contribution in [-0.2, 0) is 12.8 Å². The lowest BCUT2D eigenvalue weighted by atomic mass is 10.2. The number of hydrogen-bond acceptors (Lipinski definition) is 4. The average molecular weight is 244 g/mol. The fourth-order valence-corrected chi connectivity index (χ4v) is 2.08. The van der Waals surface area contributed by atoms with Crippen molar-refractivity contribution in [2.75, 3.05) is 0 Å². The zero-order valence-electron chi connectivity index (χ0n) is 9.64. The molecule has 2 N–H and O–H groups in total. The number of aromatic nitrogens is 2. The lowest BCUT2D eigenvalue weighted by molar-refractivity contribution is 0.0949. The van der Waals surface area contributed by atoms with E-state index in [9.17, 15) is 4.79 Å². The fourth-order valence-electron chi connectivity index (χ4n) is 2.08. The van der Waals surface area contributed by atoms with Crippen molar-refractivity contribution in [2.24, 2.45) is 5.10 Å². The summed E-state index contributed by atoms with van der Waals surface area (Å²) in [6.45, 7) is 0. The third-order valence-corrected chi connectivity index (χ3v) is 2.92. The smallest absolute Gasteiger partial charge is 0.292 e. The number of nitrogens with one attached hydrogen (secondary N) is 2. The Labute approximate surface area is 103 Å². The van der Waals surface area contributed by atoms with E-state index in [1.807, 2.05) is 0 Å². The van der Waals surface area contributed by atoms with E-state index in [4.69, 9.17) is 4.42 Å². The number of hydrogen-bond donors (Lipinski definition) is 2. The molecule has 1 aliphatic carbocycles.